The Balaban J connectivity index is 2.06. The lowest BCUT2D eigenvalue weighted by molar-refractivity contribution is -0.144. The van der Waals surface area contributed by atoms with Crippen molar-refractivity contribution in [3.8, 4) is 5.69 Å². The van der Waals surface area contributed by atoms with E-state index in [1.165, 1.54) is 0 Å². The quantitative estimate of drug-likeness (QED) is 0.437. The minimum Gasteiger partial charge on any atom is -0.450 e. The number of carbonyl (C=O) groups excluding carboxylic acids is 3. The number of aryl methyl sites for hydroxylation is 1. The molecule has 0 saturated carbocycles. The van der Waals surface area contributed by atoms with Gasteiger partial charge in [-0.25, -0.2) is 9.48 Å². The van der Waals surface area contributed by atoms with Gasteiger partial charge in [-0.2, -0.15) is 5.10 Å². The maximum Gasteiger partial charge on any atom is 0.380 e. The molecule has 2 aromatic rings. The summed E-state index contributed by atoms with van der Waals surface area (Å²) in [4.78, 5) is 36.4. The van der Waals surface area contributed by atoms with E-state index in [9.17, 15) is 14.4 Å². The molecule has 1 atom stereocenters. The third kappa shape index (κ3) is 5.03. The summed E-state index contributed by atoms with van der Waals surface area (Å²) in [5.41, 5.74) is 1.96. The van der Waals surface area contributed by atoms with Gasteiger partial charge in [0.05, 0.1) is 22.6 Å². The third-order valence-corrected chi connectivity index (χ3v) is 4.17. The van der Waals surface area contributed by atoms with E-state index in [1.54, 1.807) is 18.5 Å². The first-order chi connectivity index (χ1) is 12.8. The number of carbonyl (C=O) groups is 3. The molecular weight excluding hydrogens is 346 g/mol. The van der Waals surface area contributed by atoms with Crippen molar-refractivity contribution in [3.63, 3.8) is 0 Å². The summed E-state index contributed by atoms with van der Waals surface area (Å²) in [6, 6.07) is 9.30. The second-order valence-corrected chi connectivity index (χ2v) is 6.46. The maximum atomic E-state index is 12.5. The molecule has 27 heavy (non-hydrogen) atoms. The van der Waals surface area contributed by atoms with E-state index in [0.717, 1.165) is 18.5 Å². The first kappa shape index (κ1) is 20.4. The Morgan fingerprint density at radius 1 is 1.19 bits per heavy atom. The number of hydrogen-bond donors (Lipinski definition) is 1. The minimum atomic E-state index is -1.06. The van der Waals surface area contributed by atoms with Crippen molar-refractivity contribution in [2.75, 3.05) is 6.61 Å². The van der Waals surface area contributed by atoms with E-state index < -0.39 is 24.3 Å². The molecule has 0 bridgehead atoms. The van der Waals surface area contributed by atoms with E-state index >= 15 is 0 Å². The Labute approximate surface area is 158 Å². The first-order valence-corrected chi connectivity index (χ1v) is 8.97. The number of ether oxygens (including phenoxy) is 1. The molecule has 2 rings (SSSR count). The van der Waals surface area contributed by atoms with Crippen molar-refractivity contribution in [1.29, 1.82) is 0 Å². The highest BCUT2D eigenvalue weighted by Crippen LogP contribution is 2.18. The first-order valence-electron chi connectivity index (χ1n) is 8.97. The molecule has 1 unspecified atom stereocenters. The van der Waals surface area contributed by atoms with Gasteiger partial charge in [0.2, 0.25) is 0 Å². The summed E-state index contributed by atoms with van der Waals surface area (Å²) < 4.78 is 6.49. The van der Waals surface area contributed by atoms with Crippen molar-refractivity contribution < 1.29 is 19.1 Å². The molecule has 0 radical (unpaired) electrons. The van der Waals surface area contributed by atoms with Gasteiger partial charge in [0.15, 0.2) is 6.61 Å². The van der Waals surface area contributed by atoms with Gasteiger partial charge >= 0.3 is 5.97 Å². The van der Waals surface area contributed by atoms with Crippen LogP contribution in [-0.2, 0) is 14.3 Å². The molecular formula is C20H25N3O4. The maximum absolute atomic E-state index is 12.5. The summed E-state index contributed by atoms with van der Waals surface area (Å²) in [5.74, 6) is -2.29. The Morgan fingerprint density at radius 2 is 1.85 bits per heavy atom. The number of nitrogens with one attached hydrogen (secondary N) is 1. The number of Topliss-reactive ketones (excluding diaryl/α,β-unsaturated/α-hetero) is 1. The minimum absolute atomic E-state index is 0.00880. The van der Waals surface area contributed by atoms with E-state index in [2.05, 4.69) is 10.4 Å². The lowest BCUT2D eigenvalue weighted by Crippen LogP contribution is -2.36. The van der Waals surface area contributed by atoms with Gasteiger partial charge in [0, 0.05) is 6.04 Å². The van der Waals surface area contributed by atoms with Crippen LogP contribution in [0.4, 0.5) is 0 Å². The van der Waals surface area contributed by atoms with E-state index in [1.807, 2.05) is 44.2 Å². The molecule has 0 fully saturated rings. The Hall–Kier alpha value is -2.96. The standard InChI is InChI=1S/C20H25N3O4/c1-5-9-13(2)21-17(24)12-27-20(26)19(25)18-14(3)22-23(15(18)4)16-10-7-6-8-11-16/h6-8,10-11,13H,5,9,12H2,1-4H3,(H,21,24). The largest absolute Gasteiger partial charge is 0.450 e. The zero-order valence-corrected chi connectivity index (χ0v) is 16.1. The molecule has 1 amide bonds. The second-order valence-electron chi connectivity index (χ2n) is 6.46. The van der Waals surface area contributed by atoms with Gasteiger partial charge in [-0.15, -0.1) is 0 Å². The van der Waals surface area contributed by atoms with Crippen molar-refractivity contribution in [1.82, 2.24) is 15.1 Å². The number of amides is 1. The number of benzene rings is 1. The number of ketones is 1. The fraction of sp³-hybridized carbons (Fsp3) is 0.400. The monoisotopic (exact) mass is 371 g/mol. The van der Waals surface area contributed by atoms with Gasteiger partial charge in [-0.05, 0) is 39.3 Å². The summed E-state index contributed by atoms with van der Waals surface area (Å²) >= 11 is 0. The molecule has 7 nitrogen and oxygen atoms in total. The van der Waals surface area contributed by atoms with Gasteiger partial charge in [-0.3, -0.25) is 9.59 Å². The number of nitrogens with zero attached hydrogens (tertiary/aromatic N) is 2. The fourth-order valence-corrected chi connectivity index (χ4v) is 2.91. The van der Waals surface area contributed by atoms with Crippen LogP contribution in [0.15, 0.2) is 30.3 Å². The number of hydrogen-bond acceptors (Lipinski definition) is 5. The number of aromatic nitrogens is 2. The highest BCUT2D eigenvalue weighted by molar-refractivity contribution is 6.41. The lowest BCUT2D eigenvalue weighted by atomic mass is 10.1. The lowest BCUT2D eigenvalue weighted by Gasteiger charge is -2.12. The van der Waals surface area contributed by atoms with Crippen LogP contribution in [0.3, 0.4) is 0 Å². The summed E-state index contributed by atoms with van der Waals surface area (Å²) in [6.07, 6.45) is 1.76. The van der Waals surface area contributed by atoms with Gasteiger partial charge in [-0.1, -0.05) is 31.5 Å². The topological polar surface area (TPSA) is 90.3 Å². The smallest absolute Gasteiger partial charge is 0.380 e. The second kappa shape index (κ2) is 9.12. The third-order valence-electron chi connectivity index (χ3n) is 4.17. The van der Waals surface area contributed by atoms with Crippen molar-refractivity contribution >= 4 is 17.7 Å². The molecule has 144 valence electrons. The predicted molar refractivity (Wildman–Crippen MR) is 101 cm³/mol. The van der Waals surface area contributed by atoms with Crippen molar-refractivity contribution in [3.05, 3.63) is 47.3 Å². The zero-order chi connectivity index (χ0) is 20.0. The van der Waals surface area contributed by atoms with Crippen LogP contribution < -0.4 is 5.32 Å². The summed E-state index contributed by atoms with van der Waals surface area (Å²) in [5, 5.41) is 7.07. The molecule has 1 aromatic carbocycles. The Bertz CT molecular complexity index is 827. The van der Waals surface area contributed by atoms with Crippen LogP contribution in [0.2, 0.25) is 0 Å². The van der Waals surface area contributed by atoms with Crippen molar-refractivity contribution in [2.45, 2.75) is 46.6 Å². The van der Waals surface area contributed by atoms with Crippen molar-refractivity contribution in [2.24, 2.45) is 0 Å². The van der Waals surface area contributed by atoms with Crippen LogP contribution in [0.25, 0.3) is 5.69 Å². The molecule has 0 spiro atoms. The van der Waals surface area contributed by atoms with Crippen LogP contribution >= 0.6 is 0 Å². The van der Waals surface area contributed by atoms with Gasteiger partial charge in [0.1, 0.15) is 0 Å². The molecule has 1 N–H and O–H groups in total. The summed E-state index contributed by atoms with van der Waals surface area (Å²) in [6.45, 7) is 6.78. The average molecular weight is 371 g/mol. The average Bonchev–Trinajstić information content (AvgIpc) is 2.94. The highest BCUT2D eigenvalue weighted by Gasteiger charge is 2.27. The molecule has 0 aliphatic rings. The van der Waals surface area contributed by atoms with E-state index in [-0.39, 0.29) is 11.6 Å². The van der Waals surface area contributed by atoms with Crippen LogP contribution in [-0.4, -0.2) is 40.1 Å². The van der Waals surface area contributed by atoms with E-state index in [0.29, 0.717) is 11.4 Å². The van der Waals surface area contributed by atoms with Gasteiger partial charge < -0.3 is 10.1 Å². The van der Waals surface area contributed by atoms with Crippen LogP contribution in [0.1, 0.15) is 48.4 Å². The SMILES string of the molecule is CCCC(C)NC(=O)COC(=O)C(=O)c1c(C)nn(-c2ccccc2)c1C. The number of rotatable bonds is 8. The highest BCUT2D eigenvalue weighted by atomic mass is 16.5. The van der Waals surface area contributed by atoms with Crippen LogP contribution in [0.5, 0.6) is 0 Å². The molecule has 0 aliphatic heterocycles. The van der Waals surface area contributed by atoms with Crippen LogP contribution in [0, 0.1) is 13.8 Å². The normalized spacial score (nSPS) is 11.7. The van der Waals surface area contributed by atoms with Gasteiger partial charge in [0.25, 0.3) is 11.7 Å². The summed E-state index contributed by atoms with van der Waals surface area (Å²) in [7, 11) is 0. The zero-order valence-electron chi connectivity index (χ0n) is 16.1. The molecule has 1 aromatic heterocycles. The van der Waals surface area contributed by atoms with E-state index in [4.69, 9.17) is 4.74 Å². The number of esters is 1. The molecule has 1 heterocycles. The molecule has 0 saturated heterocycles. The predicted octanol–water partition coefficient (Wildman–Crippen LogP) is 2.52. The molecule has 7 heteroatoms. The fourth-order valence-electron chi connectivity index (χ4n) is 2.91. The Morgan fingerprint density at radius 3 is 2.48 bits per heavy atom. The number of para-hydroxylation sites is 1. The Kier molecular flexibility index (Phi) is 6.87. The molecule has 0 aliphatic carbocycles.